The highest BCUT2D eigenvalue weighted by Crippen LogP contribution is 2.33. The van der Waals surface area contributed by atoms with Gasteiger partial charge in [0, 0.05) is 18.3 Å². The van der Waals surface area contributed by atoms with E-state index in [0.717, 1.165) is 10.6 Å². The molecule has 0 unspecified atom stereocenters. The highest BCUT2D eigenvalue weighted by molar-refractivity contribution is 7.71. The van der Waals surface area contributed by atoms with E-state index in [1.165, 1.54) is 37.2 Å². The van der Waals surface area contributed by atoms with Crippen LogP contribution in [0.4, 0.5) is 0 Å². The Bertz CT molecular complexity index is 436. The summed E-state index contributed by atoms with van der Waals surface area (Å²) in [6.45, 7) is 9.15. The molecule has 0 radical (unpaired) electrons. The normalized spacial score (nSPS) is 21.3. The Balaban J connectivity index is 2.23. The van der Waals surface area contributed by atoms with Gasteiger partial charge >= 0.3 is 0 Å². The summed E-state index contributed by atoms with van der Waals surface area (Å²) in [5, 5.41) is 0. The number of nitrogens with zero attached hydrogens (tertiary/aromatic N) is 1. The molecule has 0 saturated carbocycles. The fourth-order valence-corrected chi connectivity index (χ4v) is 3.04. The Hall–Kier alpha value is -0.670. The molecule has 2 nitrogen and oxygen atoms in total. The second kappa shape index (κ2) is 5.32. The number of likely N-dealkylation sites (tertiary alicyclic amines) is 1. The van der Waals surface area contributed by atoms with Gasteiger partial charge in [0.15, 0.2) is 0 Å². The highest BCUT2D eigenvalue weighted by Gasteiger charge is 2.27. The number of H-pyrrole nitrogens is 1. The number of hydrogen-bond acceptors (Lipinski definition) is 2. The van der Waals surface area contributed by atoms with E-state index in [0.29, 0.717) is 6.04 Å². The molecule has 94 valence electrons. The number of nitrogens with one attached hydrogen (secondary N) is 1. The van der Waals surface area contributed by atoms with E-state index in [1.54, 1.807) is 0 Å². The van der Waals surface area contributed by atoms with E-state index >= 15 is 0 Å². The minimum Gasteiger partial charge on any atom is -0.350 e. The monoisotopic (exact) mass is 250 g/mol. The molecule has 2 heterocycles. The number of aromatic nitrogens is 1. The van der Waals surface area contributed by atoms with Crippen molar-refractivity contribution in [2.45, 2.75) is 39.7 Å². The Morgan fingerprint density at radius 2 is 2.24 bits per heavy atom. The maximum absolute atomic E-state index is 5.16. The summed E-state index contributed by atoms with van der Waals surface area (Å²) in [6.07, 6.45) is 2.59. The van der Waals surface area contributed by atoms with Crippen molar-refractivity contribution in [3.8, 4) is 0 Å². The first-order valence-electron chi connectivity index (χ1n) is 6.52. The molecule has 0 aromatic carbocycles. The number of hydrogen-bond donors (Lipinski definition) is 1. The predicted octanol–water partition coefficient (Wildman–Crippen LogP) is 3.85. The molecule has 2 rings (SSSR count). The number of pyridine rings is 1. The van der Waals surface area contributed by atoms with Crippen LogP contribution in [0.5, 0.6) is 0 Å². The maximum atomic E-state index is 5.16. The standard InChI is InChI=1S/C14H22N2S/c1-10(2)9-16-8-4-5-13(16)12-6-7-14(17)15-11(12)3/h6-7,10,13H,4-5,8-9H2,1-3H3,(H,15,17)/t13-/m1/s1. The molecule has 1 fully saturated rings. The minimum atomic E-state index is 0.587. The summed E-state index contributed by atoms with van der Waals surface area (Å²) < 4.78 is 0.833. The largest absolute Gasteiger partial charge is 0.350 e. The van der Waals surface area contributed by atoms with Gasteiger partial charge in [-0.1, -0.05) is 32.1 Å². The Morgan fingerprint density at radius 3 is 2.88 bits per heavy atom. The van der Waals surface area contributed by atoms with Gasteiger partial charge in [-0.2, -0.15) is 0 Å². The quantitative estimate of drug-likeness (QED) is 0.822. The highest BCUT2D eigenvalue weighted by atomic mass is 32.1. The number of aromatic amines is 1. The van der Waals surface area contributed by atoms with Crippen molar-refractivity contribution < 1.29 is 0 Å². The van der Waals surface area contributed by atoms with E-state index in [4.69, 9.17) is 12.2 Å². The summed E-state index contributed by atoms with van der Waals surface area (Å²) in [5.74, 6) is 0.734. The molecule has 17 heavy (non-hydrogen) atoms. The van der Waals surface area contributed by atoms with Crippen molar-refractivity contribution in [3.05, 3.63) is 28.0 Å². The molecule has 0 amide bonds. The van der Waals surface area contributed by atoms with Crippen molar-refractivity contribution in [2.75, 3.05) is 13.1 Å². The average Bonchev–Trinajstić information content (AvgIpc) is 2.65. The van der Waals surface area contributed by atoms with E-state index < -0.39 is 0 Å². The molecular formula is C14H22N2S. The van der Waals surface area contributed by atoms with Gasteiger partial charge in [0.1, 0.15) is 4.64 Å². The second-order valence-electron chi connectivity index (χ2n) is 5.45. The molecule has 0 aliphatic carbocycles. The zero-order valence-electron chi connectivity index (χ0n) is 11.0. The molecule has 1 N–H and O–H groups in total. The van der Waals surface area contributed by atoms with Crippen molar-refractivity contribution >= 4 is 12.2 Å². The van der Waals surface area contributed by atoms with Crippen LogP contribution in [0.2, 0.25) is 0 Å². The molecule has 1 saturated heterocycles. The van der Waals surface area contributed by atoms with Crippen molar-refractivity contribution in [2.24, 2.45) is 5.92 Å². The zero-order chi connectivity index (χ0) is 12.4. The lowest BCUT2D eigenvalue weighted by Crippen LogP contribution is -2.27. The topological polar surface area (TPSA) is 19.0 Å². The predicted molar refractivity (Wildman–Crippen MR) is 74.7 cm³/mol. The average molecular weight is 250 g/mol. The summed E-state index contributed by atoms with van der Waals surface area (Å²) >= 11 is 5.16. The van der Waals surface area contributed by atoms with Crippen LogP contribution in [-0.2, 0) is 0 Å². The first kappa shape index (κ1) is 12.8. The first-order chi connectivity index (χ1) is 8.08. The van der Waals surface area contributed by atoms with Crippen LogP contribution in [0, 0.1) is 17.5 Å². The Labute approximate surface area is 109 Å². The lowest BCUT2D eigenvalue weighted by Gasteiger charge is -2.27. The molecule has 1 atom stereocenters. The molecule has 1 aromatic rings. The van der Waals surface area contributed by atoms with Gasteiger partial charge < -0.3 is 4.98 Å². The van der Waals surface area contributed by atoms with Crippen LogP contribution in [-0.4, -0.2) is 23.0 Å². The van der Waals surface area contributed by atoms with Gasteiger partial charge in [0.2, 0.25) is 0 Å². The minimum absolute atomic E-state index is 0.587. The second-order valence-corrected chi connectivity index (χ2v) is 5.89. The number of aryl methyl sites for hydroxylation is 1. The summed E-state index contributed by atoms with van der Waals surface area (Å²) in [7, 11) is 0. The smallest absolute Gasteiger partial charge is 0.103 e. The van der Waals surface area contributed by atoms with Crippen LogP contribution in [0.1, 0.15) is 44.0 Å². The first-order valence-corrected chi connectivity index (χ1v) is 6.92. The van der Waals surface area contributed by atoms with Crippen molar-refractivity contribution in [1.82, 2.24) is 9.88 Å². The van der Waals surface area contributed by atoms with Crippen LogP contribution < -0.4 is 0 Å². The fourth-order valence-electron chi connectivity index (χ4n) is 2.82. The third-order valence-electron chi connectivity index (χ3n) is 3.48. The lowest BCUT2D eigenvalue weighted by atomic mass is 10.0. The zero-order valence-corrected chi connectivity index (χ0v) is 11.8. The van der Waals surface area contributed by atoms with E-state index in [-0.39, 0.29) is 0 Å². The van der Waals surface area contributed by atoms with Gasteiger partial charge in [-0.25, -0.2) is 0 Å². The SMILES string of the molecule is Cc1[nH]c(=S)ccc1[C@H]1CCCN1CC(C)C. The molecule has 1 aliphatic heterocycles. The summed E-state index contributed by atoms with van der Waals surface area (Å²) in [4.78, 5) is 5.89. The lowest BCUT2D eigenvalue weighted by molar-refractivity contribution is 0.228. The molecular weight excluding hydrogens is 228 g/mol. The Morgan fingerprint density at radius 1 is 1.47 bits per heavy atom. The van der Waals surface area contributed by atoms with Crippen LogP contribution in [0.25, 0.3) is 0 Å². The molecule has 3 heteroatoms. The van der Waals surface area contributed by atoms with E-state index in [9.17, 15) is 0 Å². The number of rotatable bonds is 3. The summed E-state index contributed by atoms with van der Waals surface area (Å²) in [6, 6.07) is 4.81. The van der Waals surface area contributed by atoms with Gasteiger partial charge in [-0.05, 0) is 43.9 Å². The van der Waals surface area contributed by atoms with Crippen LogP contribution in [0.3, 0.4) is 0 Å². The molecule has 1 aliphatic rings. The van der Waals surface area contributed by atoms with Crippen LogP contribution >= 0.6 is 12.2 Å². The molecule has 0 spiro atoms. The van der Waals surface area contributed by atoms with Gasteiger partial charge in [-0.15, -0.1) is 0 Å². The van der Waals surface area contributed by atoms with E-state index in [1.807, 2.05) is 6.07 Å². The summed E-state index contributed by atoms with van der Waals surface area (Å²) in [5.41, 5.74) is 2.66. The van der Waals surface area contributed by atoms with Gasteiger partial charge in [-0.3, -0.25) is 4.90 Å². The molecule has 0 bridgehead atoms. The fraction of sp³-hybridized carbons (Fsp3) is 0.643. The van der Waals surface area contributed by atoms with Crippen molar-refractivity contribution in [1.29, 1.82) is 0 Å². The Kier molecular flexibility index (Phi) is 4.00. The molecule has 1 aromatic heterocycles. The van der Waals surface area contributed by atoms with E-state index in [2.05, 4.69) is 36.7 Å². The third-order valence-corrected chi connectivity index (χ3v) is 3.72. The van der Waals surface area contributed by atoms with Gasteiger partial charge in [0.05, 0.1) is 0 Å². The van der Waals surface area contributed by atoms with Crippen molar-refractivity contribution in [3.63, 3.8) is 0 Å². The third kappa shape index (κ3) is 2.96. The van der Waals surface area contributed by atoms with Gasteiger partial charge in [0.25, 0.3) is 0 Å². The van der Waals surface area contributed by atoms with Crippen LogP contribution in [0.15, 0.2) is 12.1 Å². The maximum Gasteiger partial charge on any atom is 0.103 e.